The fourth-order valence-electron chi connectivity index (χ4n) is 5.03. The fraction of sp³-hybridized carbons (Fsp3) is 0.391. The van der Waals surface area contributed by atoms with Crippen LogP contribution in [-0.4, -0.2) is 54.7 Å². The third-order valence-corrected chi connectivity index (χ3v) is 6.27. The summed E-state index contributed by atoms with van der Waals surface area (Å²) in [5.74, 6) is 0.804. The number of amides is 2. The Morgan fingerprint density at radius 3 is 2.13 bits per heavy atom. The minimum Gasteiger partial charge on any atom is -0.497 e. The molecule has 0 aromatic heterocycles. The summed E-state index contributed by atoms with van der Waals surface area (Å²) < 4.78 is 10.8. The van der Waals surface area contributed by atoms with E-state index in [0.29, 0.717) is 12.3 Å². The van der Waals surface area contributed by atoms with Crippen molar-refractivity contribution in [2.75, 3.05) is 31.7 Å². The number of ether oxygens (including phenoxy) is 2. The molecular weight excluding hydrogens is 382 g/mol. The lowest BCUT2D eigenvalue weighted by Gasteiger charge is -2.29. The molecule has 5 rings (SSSR count). The number of imide groups is 1. The molecule has 0 bridgehead atoms. The number of carbonyl (C=O) groups is 2. The van der Waals surface area contributed by atoms with E-state index in [9.17, 15) is 9.59 Å². The first-order valence-electron chi connectivity index (χ1n) is 10.4. The van der Waals surface area contributed by atoms with Crippen molar-refractivity contribution in [1.82, 2.24) is 10.0 Å². The number of fused-ring (bicyclic) bond motifs is 3. The number of nitrogens with zero attached hydrogens (tertiary/aromatic N) is 3. The van der Waals surface area contributed by atoms with Gasteiger partial charge in [-0.25, -0.2) is 14.9 Å². The summed E-state index contributed by atoms with van der Waals surface area (Å²) >= 11 is 0. The lowest BCUT2D eigenvalue weighted by Crippen LogP contribution is -2.44. The van der Waals surface area contributed by atoms with Crippen LogP contribution in [0.1, 0.15) is 24.9 Å². The first-order valence-corrected chi connectivity index (χ1v) is 10.4. The zero-order valence-corrected chi connectivity index (χ0v) is 17.2. The van der Waals surface area contributed by atoms with Crippen LogP contribution in [0.4, 0.5) is 5.69 Å². The molecule has 3 aliphatic heterocycles. The van der Waals surface area contributed by atoms with Crippen molar-refractivity contribution in [2.24, 2.45) is 5.92 Å². The Morgan fingerprint density at radius 2 is 1.50 bits per heavy atom. The van der Waals surface area contributed by atoms with E-state index in [2.05, 4.69) is 10.0 Å². The molecule has 3 atom stereocenters. The molecule has 30 heavy (non-hydrogen) atoms. The summed E-state index contributed by atoms with van der Waals surface area (Å²) in [6, 6.07) is 14.4. The van der Waals surface area contributed by atoms with Crippen LogP contribution >= 0.6 is 0 Å². The van der Waals surface area contributed by atoms with Gasteiger partial charge in [-0.05, 0) is 55.3 Å². The average Bonchev–Trinajstić information content (AvgIpc) is 3.41. The highest BCUT2D eigenvalue weighted by atomic mass is 16.5. The summed E-state index contributed by atoms with van der Waals surface area (Å²) in [5, 5.41) is 4.32. The monoisotopic (exact) mass is 407 g/mol. The molecule has 0 spiro atoms. The van der Waals surface area contributed by atoms with Crippen molar-refractivity contribution >= 4 is 17.5 Å². The molecule has 3 fully saturated rings. The van der Waals surface area contributed by atoms with E-state index in [-0.39, 0.29) is 17.9 Å². The highest BCUT2D eigenvalue weighted by Gasteiger charge is 2.62. The van der Waals surface area contributed by atoms with Crippen molar-refractivity contribution in [2.45, 2.75) is 25.4 Å². The molecule has 7 heteroatoms. The quantitative estimate of drug-likeness (QED) is 0.710. The second kappa shape index (κ2) is 7.41. The van der Waals surface area contributed by atoms with Gasteiger partial charge in [-0.3, -0.25) is 9.59 Å². The maximum atomic E-state index is 13.5. The number of carbonyl (C=O) groups excluding carboxylic acids is 2. The predicted octanol–water partition coefficient (Wildman–Crippen LogP) is 2.63. The number of benzene rings is 2. The molecule has 2 aromatic carbocycles. The van der Waals surface area contributed by atoms with E-state index in [1.807, 2.05) is 31.2 Å². The summed E-state index contributed by atoms with van der Waals surface area (Å²) in [7, 11) is 1.64. The van der Waals surface area contributed by atoms with Crippen LogP contribution in [0.25, 0.3) is 0 Å². The summed E-state index contributed by atoms with van der Waals surface area (Å²) in [6.45, 7) is 4.14. The summed E-state index contributed by atoms with van der Waals surface area (Å²) in [6.07, 6.45) is 0.987. The van der Waals surface area contributed by atoms with Gasteiger partial charge in [0.25, 0.3) is 5.91 Å². The van der Waals surface area contributed by atoms with Crippen molar-refractivity contribution in [3.8, 4) is 11.5 Å². The van der Waals surface area contributed by atoms with Gasteiger partial charge in [0.05, 0.1) is 31.4 Å². The van der Waals surface area contributed by atoms with E-state index >= 15 is 0 Å². The van der Waals surface area contributed by atoms with Crippen molar-refractivity contribution in [3.63, 3.8) is 0 Å². The summed E-state index contributed by atoms with van der Waals surface area (Å²) in [4.78, 5) is 28.3. The highest BCUT2D eigenvalue weighted by molar-refractivity contribution is 6.24. The Hall–Kier alpha value is -2.90. The van der Waals surface area contributed by atoms with Crippen LogP contribution in [0.15, 0.2) is 48.5 Å². The Morgan fingerprint density at radius 1 is 0.867 bits per heavy atom. The molecule has 156 valence electrons. The molecule has 2 amide bonds. The normalized spacial score (nSPS) is 26.2. The molecule has 2 aromatic rings. The number of methoxy groups -OCH3 is 1. The SMILES string of the molecule is CCOc1ccc(N2C(=O)[C@H]3[C@@H](c4ccc(OC)cc4)N4CCCN4[C@H]3C2=O)cc1. The van der Waals surface area contributed by atoms with E-state index in [4.69, 9.17) is 9.47 Å². The van der Waals surface area contributed by atoms with Gasteiger partial charge in [-0.1, -0.05) is 12.1 Å². The molecule has 3 aliphatic rings. The van der Waals surface area contributed by atoms with Crippen molar-refractivity contribution < 1.29 is 19.1 Å². The van der Waals surface area contributed by atoms with Gasteiger partial charge in [0.15, 0.2) is 0 Å². The Balaban J connectivity index is 1.50. The second-order valence-electron chi connectivity index (χ2n) is 7.81. The van der Waals surface area contributed by atoms with Crippen LogP contribution < -0.4 is 14.4 Å². The topological polar surface area (TPSA) is 62.3 Å². The minimum absolute atomic E-state index is 0.135. The van der Waals surface area contributed by atoms with E-state index in [1.54, 1.807) is 31.4 Å². The summed E-state index contributed by atoms with van der Waals surface area (Å²) in [5.41, 5.74) is 1.63. The lowest BCUT2D eigenvalue weighted by atomic mass is 9.90. The van der Waals surface area contributed by atoms with Crippen LogP contribution in [0, 0.1) is 5.92 Å². The molecule has 3 heterocycles. The van der Waals surface area contributed by atoms with Gasteiger partial charge in [0.1, 0.15) is 17.5 Å². The van der Waals surface area contributed by atoms with Gasteiger partial charge in [0, 0.05) is 13.1 Å². The van der Waals surface area contributed by atoms with Gasteiger partial charge in [0.2, 0.25) is 5.91 Å². The largest absolute Gasteiger partial charge is 0.497 e. The standard InChI is InChI=1S/C23H25N3O4/c1-3-30-18-11-7-16(8-12-18)26-22(27)19-20(15-5-9-17(29-2)10-6-15)24-13-4-14-25(24)21(19)23(26)28/h5-12,19-21H,3-4,13-14H2,1-2H3/t19-,20+,21+/m0/s1. The third-order valence-electron chi connectivity index (χ3n) is 6.27. The molecule has 0 N–H and O–H groups in total. The van der Waals surface area contributed by atoms with Crippen LogP contribution in [0.3, 0.4) is 0 Å². The first-order chi connectivity index (χ1) is 14.6. The van der Waals surface area contributed by atoms with Gasteiger partial charge in [-0.15, -0.1) is 0 Å². The van der Waals surface area contributed by atoms with Crippen LogP contribution in [-0.2, 0) is 9.59 Å². The van der Waals surface area contributed by atoms with Gasteiger partial charge < -0.3 is 9.47 Å². The second-order valence-corrected chi connectivity index (χ2v) is 7.81. The minimum atomic E-state index is -0.446. The number of anilines is 1. The van der Waals surface area contributed by atoms with Crippen molar-refractivity contribution in [1.29, 1.82) is 0 Å². The Kier molecular flexibility index (Phi) is 4.72. The zero-order valence-electron chi connectivity index (χ0n) is 17.2. The lowest BCUT2D eigenvalue weighted by molar-refractivity contribution is -0.126. The first kappa shape index (κ1) is 19.1. The smallest absolute Gasteiger partial charge is 0.253 e. The van der Waals surface area contributed by atoms with Gasteiger partial charge >= 0.3 is 0 Å². The van der Waals surface area contributed by atoms with E-state index < -0.39 is 12.0 Å². The molecule has 0 radical (unpaired) electrons. The van der Waals surface area contributed by atoms with Gasteiger partial charge in [-0.2, -0.15) is 0 Å². The molecule has 0 aliphatic carbocycles. The predicted molar refractivity (Wildman–Crippen MR) is 111 cm³/mol. The number of hydrazine groups is 1. The van der Waals surface area contributed by atoms with Crippen LogP contribution in [0.2, 0.25) is 0 Å². The third kappa shape index (κ3) is 2.80. The number of rotatable bonds is 5. The Bertz CT molecular complexity index is 959. The molecule has 0 unspecified atom stereocenters. The fourth-order valence-corrected chi connectivity index (χ4v) is 5.03. The molecule has 3 saturated heterocycles. The van der Waals surface area contributed by atoms with E-state index in [0.717, 1.165) is 36.6 Å². The maximum Gasteiger partial charge on any atom is 0.253 e. The van der Waals surface area contributed by atoms with Crippen LogP contribution in [0.5, 0.6) is 11.5 Å². The molecular formula is C23H25N3O4. The molecule has 7 nitrogen and oxygen atoms in total. The molecule has 0 saturated carbocycles. The number of hydrogen-bond donors (Lipinski definition) is 0. The van der Waals surface area contributed by atoms with Crippen molar-refractivity contribution in [3.05, 3.63) is 54.1 Å². The highest BCUT2D eigenvalue weighted by Crippen LogP contribution is 2.49. The average molecular weight is 407 g/mol. The zero-order chi connectivity index (χ0) is 20.8. The number of hydrogen-bond acceptors (Lipinski definition) is 6. The van der Waals surface area contributed by atoms with E-state index in [1.165, 1.54) is 4.90 Å². The maximum absolute atomic E-state index is 13.5. The Labute approximate surface area is 175 Å².